The molecule has 0 aliphatic carbocycles. The minimum atomic E-state index is -0.891. The molecule has 0 saturated heterocycles. The highest BCUT2D eigenvalue weighted by Gasteiger charge is 2.14. The van der Waals surface area contributed by atoms with E-state index in [0.717, 1.165) is 40.6 Å². The van der Waals surface area contributed by atoms with E-state index in [1.807, 2.05) is 49.0 Å². The number of carboxylic acids is 1. The van der Waals surface area contributed by atoms with Crippen molar-refractivity contribution in [3.05, 3.63) is 89.0 Å². The third kappa shape index (κ3) is 4.95. The number of aromatic carboxylic acids is 1. The van der Waals surface area contributed by atoms with E-state index in [2.05, 4.69) is 35.1 Å². The lowest BCUT2D eigenvalue weighted by atomic mass is 10.1. The van der Waals surface area contributed by atoms with Gasteiger partial charge >= 0.3 is 5.97 Å². The summed E-state index contributed by atoms with van der Waals surface area (Å²) in [5.41, 5.74) is 5.69. The molecule has 1 heterocycles. The molecule has 2 N–H and O–H groups in total. The lowest BCUT2D eigenvalue weighted by molar-refractivity contribution is 0.0696. The van der Waals surface area contributed by atoms with Crippen LogP contribution >= 0.6 is 23.7 Å². The Kier molecular flexibility index (Phi) is 6.57. The van der Waals surface area contributed by atoms with Gasteiger partial charge in [-0.15, -0.1) is 11.8 Å². The number of nitrogens with zero attached hydrogens (tertiary/aromatic N) is 1. The van der Waals surface area contributed by atoms with Gasteiger partial charge in [-0.1, -0.05) is 42.5 Å². The van der Waals surface area contributed by atoms with Gasteiger partial charge in [-0.2, -0.15) is 0 Å². The van der Waals surface area contributed by atoms with E-state index in [4.69, 9.17) is 4.99 Å². The maximum absolute atomic E-state index is 11.3. The van der Waals surface area contributed by atoms with Crippen molar-refractivity contribution in [1.29, 1.82) is 0 Å². The van der Waals surface area contributed by atoms with Gasteiger partial charge in [0.15, 0.2) is 0 Å². The van der Waals surface area contributed by atoms with Crippen LogP contribution in [0.2, 0.25) is 0 Å². The van der Waals surface area contributed by atoms with Crippen molar-refractivity contribution in [2.24, 2.45) is 4.99 Å². The van der Waals surface area contributed by atoms with Gasteiger partial charge in [0.25, 0.3) is 0 Å². The lowest BCUT2D eigenvalue weighted by Gasteiger charge is -2.16. The number of benzene rings is 3. The number of thioether (sulfide) groups is 1. The fraction of sp³-hybridized carbons (Fsp3) is 0.167. The van der Waals surface area contributed by atoms with Crippen LogP contribution in [0.1, 0.15) is 27.0 Å². The maximum Gasteiger partial charge on any atom is 0.335 e. The van der Waals surface area contributed by atoms with Crippen LogP contribution in [0.5, 0.6) is 0 Å². The van der Waals surface area contributed by atoms with Gasteiger partial charge in [0.1, 0.15) is 0 Å². The van der Waals surface area contributed by atoms with E-state index in [9.17, 15) is 9.90 Å². The van der Waals surface area contributed by atoms with E-state index in [0.29, 0.717) is 5.56 Å². The molecule has 0 radical (unpaired) electrons. The highest BCUT2D eigenvalue weighted by molar-refractivity contribution is 8.00. The number of hydrogen-bond donors (Lipinski definition) is 2. The average Bonchev–Trinajstić information content (AvgIpc) is 2.77. The average molecular weight is 435 g/mol. The fourth-order valence-corrected chi connectivity index (χ4v) is 4.88. The van der Waals surface area contributed by atoms with E-state index in [1.54, 1.807) is 6.07 Å². The standard InChI is InChI=1S/C24H22N2O2S2/c1-16-7-9-19(14-20(16)24(27)28)30-25-12-11-17-8-10-23-21(13-17)26-22(15-29-23)18-5-3-2-4-6-18/h2-10,13-14,25H,11-12,15H2,1H3,(H,27,28). The summed E-state index contributed by atoms with van der Waals surface area (Å²) in [6.45, 7) is 2.59. The zero-order valence-corrected chi connectivity index (χ0v) is 18.2. The maximum atomic E-state index is 11.3. The van der Waals surface area contributed by atoms with Crippen molar-refractivity contribution in [3.63, 3.8) is 0 Å². The molecule has 3 aromatic carbocycles. The second kappa shape index (κ2) is 9.51. The Labute approximate surface area is 185 Å². The molecule has 4 rings (SSSR count). The summed E-state index contributed by atoms with van der Waals surface area (Å²) in [5.74, 6) is 0.000915. The van der Waals surface area contributed by atoms with Gasteiger partial charge < -0.3 is 5.11 Å². The smallest absolute Gasteiger partial charge is 0.335 e. The number of carbonyl (C=O) groups is 1. The topological polar surface area (TPSA) is 61.7 Å². The number of nitrogens with one attached hydrogen (secondary N) is 1. The third-order valence-electron chi connectivity index (χ3n) is 4.90. The van der Waals surface area contributed by atoms with Crippen molar-refractivity contribution in [2.75, 3.05) is 12.3 Å². The first-order valence-corrected chi connectivity index (χ1v) is 11.5. The minimum Gasteiger partial charge on any atom is -0.478 e. The van der Waals surface area contributed by atoms with Gasteiger partial charge in [0, 0.05) is 22.1 Å². The number of aryl methyl sites for hydroxylation is 1. The van der Waals surface area contributed by atoms with Gasteiger partial charge in [0.05, 0.1) is 17.0 Å². The second-order valence-electron chi connectivity index (χ2n) is 7.04. The first-order valence-electron chi connectivity index (χ1n) is 9.72. The van der Waals surface area contributed by atoms with Crippen molar-refractivity contribution in [2.45, 2.75) is 23.1 Å². The summed E-state index contributed by atoms with van der Waals surface area (Å²) in [6.07, 6.45) is 0.874. The Balaban J connectivity index is 1.37. The van der Waals surface area contributed by atoms with E-state index >= 15 is 0 Å². The van der Waals surface area contributed by atoms with Gasteiger partial charge in [-0.05, 0) is 66.2 Å². The van der Waals surface area contributed by atoms with E-state index in [1.165, 1.54) is 28.0 Å². The Morgan fingerprint density at radius 1 is 1.13 bits per heavy atom. The first kappa shape index (κ1) is 20.7. The number of rotatable bonds is 7. The molecule has 4 nitrogen and oxygen atoms in total. The van der Waals surface area contributed by atoms with Crippen molar-refractivity contribution in [1.82, 2.24) is 4.72 Å². The fourth-order valence-electron chi connectivity index (χ4n) is 3.25. The van der Waals surface area contributed by atoms with Crippen molar-refractivity contribution >= 4 is 41.1 Å². The number of carboxylic acid groups (broad SMARTS) is 1. The normalized spacial score (nSPS) is 12.9. The summed E-state index contributed by atoms with van der Waals surface area (Å²) in [6, 6.07) is 22.3. The third-order valence-corrected chi connectivity index (χ3v) is 6.81. The van der Waals surface area contributed by atoms with Gasteiger partial charge in [-0.3, -0.25) is 9.71 Å². The molecule has 30 heavy (non-hydrogen) atoms. The Bertz CT molecular complexity index is 1100. The molecule has 0 aromatic heterocycles. The molecule has 1 aliphatic rings. The van der Waals surface area contributed by atoms with E-state index < -0.39 is 5.97 Å². The van der Waals surface area contributed by atoms with E-state index in [-0.39, 0.29) is 0 Å². The Morgan fingerprint density at radius 3 is 2.77 bits per heavy atom. The number of fused-ring (bicyclic) bond motifs is 1. The monoisotopic (exact) mass is 434 g/mol. The van der Waals surface area contributed by atoms with Crippen LogP contribution in [0.3, 0.4) is 0 Å². The molecule has 0 unspecified atom stereocenters. The zero-order valence-electron chi connectivity index (χ0n) is 16.6. The highest BCUT2D eigenvalue weighted by atomic mass is 32.2. The largest absolute Gasteiger partial charge is 0.478 e. The number of hydrogen-bond acceptors (Lipinski definition) is 5. The van der Waals surface area contributed by atoms with Crippen LogP contribution in [0, 0.1) is 6.92 Å². The molecule has 0 bridgehead atoms. The van der Waals surface area contributed by atoms with Crippen molar-refractivity contribution < 1.29 is 9.90 Å². The second-order valence-corrected chi connectivity index (χ2v) is 9.02. The molecule has 152 valence electrons. The molecule has 0 fully saturated rings. The molecule has 0 amide bonds. The summed E-state index contributed by atoms with van der Waals surface area (Å²) >= 11 is 3.29. The zero-order chi connectivity index (χ0) is 20.9. The molecule has 0 atom stereocenters. The predicted octanol–water partition coefficient (Wildman–Crippen LogP) is 5.76. The first-order chi connectivity index (χ1) is 14.6. The molecule has 1 aliphatic heterocycles. The van der Waals surface area contributed by atoms with Gasteiger partial charge in [0.2, 0.25) is 0 Å². The molecular formula is C24H22N2O2S2. The minimum absolute atomic E-state index is 0.348. The van der Waals surface area contributed by atoms with Crippen LogP contribution in [0.4, 0.5) is 5.69 Å². The van der Waals surface area contributed by atoms with Crippen molar-refractivity contribution in [3.8, 4) is 0 Å². The summed E-state index contributed by atoms with van der Waals surface area (Å²) in [5, 5.41) is 9.26. The lowest BCUT2D eigenvalue weighted by Crippen LogP contribution is -2.10. The predicted molar refractivity (Wildman–Crippen MR) is 126 cm³/mol. The van der Waals surface area contributed by atoms with Crippen LogP contribution in [0.25, 0.3) is 0 Å². The molecule has 0 saturated carbocycles. The Morgan fingerprint density at radius 2 is 1.97 bits per heavy atom. The summed E-state index contributed by atoms with van der Waals surface area (Å²) in [7, 11) is 0. The van der Waals surface area contributed by atoms with Crippen LogP contribution in [-0.2, 0) is 6.42 Å². The molecule has 3 aromatic rings. The quantitative estimate of drug-likeness (QED) is 0.366. The molecule has 6 heteroatoms. The van der Waals surface area contributed by atoms with Crippen LogP contribution < -0.4 is 4.72 Å². The van der Waals surface area contributed by atoms with Crippen LogP contribution in [-0.4, -0.2) is 29.1 Å². The summed E-state index contributed by atoms with van der Waals surface area (Å²) < 4.78 is 3.33. The summed E-state index contributed by atoms with van der Waals surface area (Å²) in [4.78, 5) is 18.3. The van der Waals surface area contributed by atoms with Gasteiger partial charge in [-0.25, -0.2) is 4.79 Å². The molecular weight excluding hydrogens is 412 g/mol. The Hall–Kier alpha value is -2.54. The SMILES string of the molecule is Cc1ccc(SNCCc2ccc3c(c2)N=C(c2ccccc2)CS3)cc1C(=O)O. The number of aliphatic imine (C=N–C) groups is 1. The highest BCUT2D eigenvalue weighted by Crippen LogP contribution is 2.36. The van der Waals surface area contributed by atoms with Crippen LogP contribution in [0.15, 0.2) is 81.5 Å². The molecule has 0 spiro atoms.